The molecule has 0 atom stereocenters. The van der Waals surface area contributed by atoms with Crippen LogP contribution in [0.15, 0.2) is 127 Å². The predicted octanol–water partition coefficient (Wildman–Crippen LogP) is 13.0. The molecule has 0 bridgehead atoms. The number of carbonyl (C=O) groups excluding carboxylic acids is 2. The second kappa shape index (κ2) is 14.0. The first-order valence-corrected chi connectivity index (χ1v) is 17.4. The number of ketones is 2. The van der Waals surface area contributed by atoms with Crippen molar-refractivity contribution in [3.8, 4) is 11.1 Å². The molecule has 2 aliphatic carbocycles. The minimum atomic E-state index is -0.278. The van der Waals surface area contributed by atoms with Gasteiger partial charge in [-0.15, -0.1) is 0 Å². The zero-order chi connectivity index (χ0) is 37.4. The van der Waals surface area contributed by atoms with Crippen LogP contribution in [0.5, 0.6) is 0 Å². The van der Waals surface area contributed by atoms with Crippen molar-refractivity contribution in [2.75, 3.05) is 0 Å². The van der Waals surface area contributed by atoms with Crippen molar-refractivity contribution in [1.29, 1.82) is 0 Å². The van der Waals surface area contributed by atoms with Crippen LogP contribution in [0.1, 0.15) is 94.2 Å². The van der Waals surface area contributed by atoms with Crippen molar-refractivity contribution < 1.29 is 9.59 Å². The molecule has 0 aliphatic heterocycles. The summed E-state index contributed by atoms with van der Waals surface area (Å²) in [5.41, 5.74) is 9.57. The number of rotatable bonds is 5. The lowest BCUT2D eigenvalue weighted by atomic mass is 9.72. The molecular formula is C44H54N4O2. The molecule has 2 aliphatic rings. The van der Waals surface area contributed by atoms with Crippen LogP contribution in [0.2, 0.25) is 0 Å². The molecule has 0 N–H and O–H groups in total. The Bertz CT molecular complexity index is 1870. The van der Waals surface area contributed by atoms with Gasteiger partial charge in [0.05, 0.1) is 23.8 Å². The van der Waals surface area contributed by atoms with Crippen LogP contribution < -0.4 is 0 Å². The molecule has 6 nitrogen and oxygen atoms in total. The smallest absolute Gasteiger partial charge is 0.186 e. The summed E-state index contributed by atoms with van der Waals surface area (Å²) in [7, 11) is 0. The number of carbonyl (C=O) groups is 2. The minimum absolute atomic E-state index is 0.103. The van der Waals surface area contributed by atoms with Gasteiger partial charge in [-0.25, -0.2) is 0 Å². The van der Waals surface area contributed by atoms with Gasteiger partial charge in [0.15, 0.2) is 11.6 Å². The molecule has 2 aromatic carbocycles. The largest absolute Gasteiger partial charge is 0.289 e. The van der Waals surface area contributed by atoms with E-state index in [0.717, 1.165) is 67.1 Å². The van der Waals surface area contributed by atoms with Gasteiger partial charge in [0.1, 0.15) is 0 Å². The lowest BCUT2D eigenvalue weighted by molar-refractivity contribution is -0.114. The zero-order valence-electron chi connectivity index (χ0n) is 32.5. The Hall–Kier alpha value is -4.58. The molecule has 0 spiro atoms. The Kier molecular flexibility index (Phi) is 10.7. The lowest BCUT2D eigenvalue weighted by Crippen LogP contribution is -2.27. The highest BCUT2D eigenvalue weighted by Crippen LogP contribution is 2.40. The number of hydrogen-bond acceptors (Lipinski definition) is 6. The minimum Gasteiger partial charge on any atom is -0.289 e. The van der Waals surface area contributed by atoms with Crippen LogP contribution >= 0.6 is 0 Å². The molecule has 262 valence electrons. The van der Waals surface area contributed by atoms with Crippen LogP contribution in [0.25, 0.3) is 11.1 Å². The quantitative estimate of drug-likeness (QED) is 0.297. The molecule has 0 heterocycles. The fourth-order valence-electron chi connectivity index (χ4n) is 5.93. The monoisotopic (exact) mass is 670 g/mol. The molecule has 0 aromatic heterocycles. The average Bonchev–Trinajstić information content (AvgIpc) is 2.98. The Morgan fingerprint density at radius 1 is 0.500 bits per heavy atom. The van der Waals surface area contributed by atoms with Gasteiger partial charge in [-0.2, -0.15) is 20.5 Å². The van der Waals surface area contributed by atoms with Crippen LogP contribution in [0.3, 0.4) is 0 Å². The number of nitrogens with zero attached hydrogens (tertiary/aromatic N) is 4. The third-order valence-electron chi connectivity index (χ3n) is 8.93. The molecular weight excluding hydrogens is 617 g/mol. The molecule has 0 saturated heterocycles. The van der Waals surface area contributed by atoms with Gasteiger partial charge in [0, 0.05) is 22.3 Å². The molecule has 0 radical (unpaired) electrons. The highest BCUT2D eigenvalue weighted by atomic mass is 16.1. The summed E-state index contributed by atoms with van der Waals surface area (Å²) >= 11 is 0. The van der Waals surface area contributed by atoms with Crippen molar-refractivity contribution in [2.45, 2.75) is 96.9 Å². The van der Waals surface area contributed by atoms with Gasteiger partial charge >= 0.3 is 0 Å². The van der Waals surface area contributed by atoms with E-state index in [1.807, 2.05) is 55.5 Å². The maximum Gasteiger partial charge on any atom is 0.186 e. The maximum absolute atomic E-state index is 13.3. The average molecular weight is 671 g/mol. The number of azo groups is 2. The van der Waals surface area contributed by atoms with Gasteiger partial charge in [0.25, 0.3) is 0 Å². The number of Topliss-reactive ketones (excluding diaryl/α,β-unsaturated/α-hetero) is 2. The Balaban J connectivity index is 1.55. The Morgan fingerprint density at radius 3 is 1.26 bits per heavy atom. The van der Waals surface area contributed by atoms with Gasteiger partial charge in [-0.05, 0) is 117 Å². The number of allylic oxidation sites excluding steroid dienone is 10. The molecule has 2 aromatic rings. The van der Waals surface area contributed by atoms with Crippen LogP contribution in [0, 0.1) is 35.5 Å². The standard InChI is InChI=1S/C44H54N4O2/c1-27-20-38(48-46-26-30-23-36(43(9,10)11)40(50)37(24-30)44(12,13)14)28(2)19-33(27)31-15-17-32(18-16-31)47-45-25-29-21-34(41(3,4)5)39(49)35(22-29)42(6,7)8/h15-26H,1-14H3/b47-45+,48-46+. The number of benzene rings is 2. The normalized spacial score (nSPS) is 16.5. The topological polar surface area (TPSA) is 83.6 Å². The van der Waals surface area contributed by atoms with Gasteiger partial charge < -0.3 is 0 Å². The lowest BCUT2D eigenvalue weighted by Gasteiger charge is -2.31. The molecule has 4 rings (SSSR count). The third kappa shape index (κ3) is 8.95. The summed E-state index contributed by atoms with van der Waals surface area (Å²) < 4.78 is 0. The summed E-state index contributed by atoms with van der Waals surface area (Å²) in [4.78, 5) is 26.5. The Labute approximate surface area is 299 Å². The summed E-state index contributed by atoms with van der Waals surface area (Å²) in [5.74, 6) is 0.207. The van der Waals surface area contributed by atoms with Gasteiger partial charge in [-0.1, -0.05) is 95.2 Å². The highest BCUT2D eigenvalue weighted by molar-refractivity contribution is 6.12. The van der Waals surface area contributed by atoms with Crippen LogP contribution in [-0.4, -0.2) is 11.6 Å². The first-order chi connectivity index (χ1) is 23.0. The summed E-state index contributed by atoms with van der Waals surface area (Å²) in [5, 5.41) is 17.8. The van der Waals surface area contributed by atoms with Gasteiger partial charge in [-0.3, -0.25) is 9.59 Å². The van der Waals surface area contributed by atoms with Crippen LogP contribution in [0.4, 0.5) is 11.4 Å². The zero-order valence-corrected chi connectivity index (χ0v) is 32.5. The van der Waals surface area contributed by atoms with Gasteiger partial charge in [0.2, 0.25) is 0 Å². The second-order valence-corrected chi connectivity index (χ2v) is 17.6. The maximum atomic E-state index is 13.3. The van der Waals surface area contributed by atoms with Crippen molar-refractivity contribution >= 4 is 22.9 Å². The SMILES string of the molecule is Cc1cc(-c2ccc(/N=N/C=C3C=C(C(C)(C)C)C(=O)C(C(C)(C)C)=C3)cc2)c(C)cc1/N=N/C=C1C=C(C(C)(C)C)C(=O)C(C(C)(C)C)=C1. The summed E-state index contributed by atoms with van der Waals surface area (Å²) in [6.07, 6.45) is 11.2. The molecule has 50 heavy (non-hydrogen) atoms. The van der Waals surface area contributed by atoms with Crippen molar-refractivity contribution in [3.63, 3.8) is 0 Å². The third-order valence-corrected chi connectivity index (χ3v) is 8.93. The fraction of sp³-hybridized carbons (Fsp3) is 0.409. The van der Waals surface area contributed by atoms with E-state index < -0.39 is 0 Å². The van der Waals surface area contributed by atoms with E-state index in [-0.39, 0.29) is 33.2 Å². The van der Waals surface area contributed by atoms with E-state index in [1.54, 1.807) is 12.4 Å². The van der Waals surface area contributed by atoms with Crippen molar-refractivity contribution in [2.24, 2.45) is 42.1 Å². The van der Waals surface area contributed by atoms with E-state index in [1.165, 1.54) is 0 Å². The molecule has 6 heteroatoms. The summed E-state index contributed by atoms with van der Waals surface area (Å²) in [6.45, 7) is 28.8. The molecule has 0 saturated carbocycles. The van der Waals surface area contributed by atoms with E-state index >= 15 is 0 Å². The molecule has 0 amide bonds. The number of hydrogen-bond donors (Lipinski definition) is 0. The van der Waals surface area contributed by atoms with E-state index in [4.69, 9.17) is 0 Å². The molecule has 0 fully saturated rings. The van der Waals surface area contributed by atoms with E-state index in [0.29, 0.717) is 0 Å². The van der Waals surface area contributed by atoms with Crippen molar-refractivity contribution in [1.82, 2.24) is 0 Å². The fourth-order valence-corrected chi connectivity index (χ4v) is 5.93. The highest BCUT2D eigenvalue weighted by Gasteiger charge is 2.35. The molecule has 0 unspecified atom stereocenters. The van der Waals surface area contributed by atoms with Crippen LogP contribution in [-0.2, 0) is 9.59 Å². The first kappa shape index (κ1) is 38.2. The Morgan fingerprint density at radius 2 is 0.880 bits per heavy atom. The van der Waals surface area contributed by atoms with Crippen molar-refractivity contribution in [3.05, 3.63) is 118 Å². The predicted molar refractivity (Wildman–Crippen MR) is 207 cm³/mol. The number of aryl methyl sites for hydroxylation is 2. The van der Waals surface area contributed by atoms with E-state index in [2.05, 4.69) is 123 Å². The van der Waals surface area contributed by atoms with E-state index in [9.17, 15) is 9.59 Å². The first-order valence-electron chi connectivity index (χ1n) is 17.4. The summed E-state index contributed by atoms with van der Waals surface area (Å²) in [6, 6.07) is 12.2. The second-order valence-electron chi connectivity index (χ2n) is 17.6.